The minimum Gasteiger partial charge on any atom is -0.275 e. The second-order valence-corrected chi connectivity index (χ2v) is 3.23. The van der Waals surface area contributed by atoms with Crippen molar-refractivity contribution in [2.45, 2.75) is 0 Å². The normalized spacial score (nSPS) is 22.4. The summed E-state index contributed by atoms with van der Waals surface area (Å²) in [6.45, 7) is 0. The van der Waals surface area contributed by atoms with Gasteiger partial charge in [-0.2, -0.15) is 0 Å². The van der Waals surface area contributed by atoms with Crippen LogP contribution in [0.5, 0.6) is 0 Å². The van der Waals surface area contributed by atoms with Gasteiger partial charge < -0.3 is 0 Å². The lowest BCUT2D eigenvalue weighted by atomic mass is 10.1. The summed E-state index contributed by atoms with van der Waals surface area (Å²) < 4.78 is 0. The molecule has 3 rings (SSSR count). The number of quaternary nitrogens is 1. The maximum Gasteiger partial charge on any atom is 0.265 e. The van der Waals surface area contributed by atoms with Gasteiger partial charge in [0.2, 0.25) is 5.82 Å². The van der Waals surface area contributed by atoms with Gasteiger partial charge in [-0.1, -0.05) is 12.1 Å². The van der Waals surface area contributed by atoms with Crippen molar-refractivity contribution in [3.63, 3.8) is 0 Å². The van der Waals surface area contributed by atoms with E-state index in [9.17, 15) is 4.79 Å². The molecule has 1 aromatic carbocycles. The minimum absolute atomic E-state index is 0.0545. The Kier molecular flexibility index (Phi) is 1.35. The van der Waals surface area contributed by atoms with Gasteiger partial charge in [-0.05, 0) is 6.07 Å². The first-order valence-corrected chi connectivity index (χ1v) is 4.38. The summed E-state index contributed by atoms with van der Waals surface area (Å²) in [5, 5.41) is 2.79. The lowest BCUT2D eigenvalue weighted by Gasteiger charge is -2.20. The summed E-state index contributed by atoms with van der Waals surface area (Å²) in [6.07, 6.45) is 3.44. The third-order valence-corrected chi connectivity index (χ3v) is 2.41. The Bertz CT molecular complexity index is 476. The largest absolute Gasteiger partial charge is 0.275 e. The van der Waals surface area contributed by atoms with Gasteiger partial charge >= 0.3 is 0 Å². The monoisotopic (exact) mass is 186 g/mol. The summed E-state index contributed by atoms with van der Waals surface area (Å²) in [6, 6.07) is 7.54. The Morgan fingerprint density at radius 2 is 2.14 bits per heavy atom. The Labute approximate surface area is 80.6 Å². The van der Waals surface area contributed by atoms with E-state index in [4.69, 9.17) is 0 Å². The minimum atomic E-state index is -0.0545. The fourth-order valence-corrected chi connectivity index (χ4v) is 1.75. The quantitative estimate of drug-likeness (QED) is 0.578. The summed E-state index contributed by atoms with van der Waals surface area (Å²) >= 11 is 0. The van der Waals surface area contributed by atoms with Gasteiger partial charge in [0.1, 0.15) is 11.8 Å². The van der Waals surface area contributed by atoms with Crippen molar-refractivity contribution in [3.05, 3.63) is 41.8 Å². The number of amides is 1. The molecule has 0 spiro atoms. The molecule has 68 valence electrons. The number of para-hydroxylation sites is 1. The van der Waals surface area contributed by atoms with E-state index in [0.717, 1.165) is 16.4 Å². The molecule has 0 aromatic heterocycles. The van der Waals surface area contributed by atoms with Crippen LogP contribution >= 0.6 is 0 Å². The van der Waals surface area contributed by atoms with E-state index < -0.39 is 0 Å². The summed E-state index contributed by atoms with van der Waals surface area (Å²) in [7, 11) is 0. The molecule has 0 bridgehead atoms. The van der Waals surface area contributed by atoms with Crippen LogP contribution in [-0.2, 0) is 0 Å². The maximum absolute atomic E-state index is 11.6. The maximum atomic E-state index is 11.6. The van der Waals surface area contributed by atoms with E-state index >= 15 is 0 Å². The average molecular weight is 186 g/mol. The number of carbonyl (C=O) groups excluding carboxylic acids is 1. The van der Waals surface area contributed by atoms with Crippen molar-refractivity contribution in [3.8, 4) is 0 Å². The van der Waals surface area contributed by atoms with E-state index in [1.54, 1.807) is 12.5 Å². The van der Waals surface area contributed by atoms with E-state index in [1.165, 1.54) is 0 Å². The van der Waals surface area contributed by atoms with Gasteiger partial charge in [0.15, 0.2) is 12.0 Å². The topological polar surface area (TPSA) is 45.9 Å². The zero-order chi connectivity index (χ0) is 9.54. The van der Waals surface area contributed by atoms with Crippen LogP contribution in [-0.4, -0.2) is 12.2 Å². The average Bonchev–Trinajstić information content (AvgIpc) is 2.66. The number of hydrogen-bond acceptors (Lipinski definition) is 2. The van der Waals surface area contributed by atoms with Crippen LogP contribution in [0, 0.1) is 0 Å². The molecule has 0 radical (unpaired) electrons. The van der Waals surface area contributed by atoms with E-state index in [0.29, 0.717) is 5.56 Å². The van der Waals surface area contributed by atoms with Crippen LogP contribution in [0.15, 0.2) is 41.3 Å². The van der Waals surface area contributed by atoms with Gasteiger partial charge in [-0.3, -0.25) is 10.1 Å². The van der Waals surface area contributed by atoms with Crippen molar-refractivity contribution in [1.29, 1.82) is 0 Å². The smallest absolute Gasteiger partial charge is 0.265 e. The van der Waals surface area contributed by atoms with Gasteiger partial charge in [-0.15, -0.1) is 0 Å². The standard InChI is InChI=1S/C10H7N3O/c14-10-7-3-1-2-4-8(7)13-6-11-5-9(13)12-10/h1-6H,(H,12,14)/p+1. The van der Waals surface area contributed by atoms with Crippen LogP contribution in [0.25, 0.3) is 0 Å². The highest BCUT2D eigenvalue weighted by atomic mass is 16.2. The fraction of sp³-hybridized carbons (Fsp3) is 0. The predicted molar refractivity (Wildman–Crippen MR) is 51.1 cm³/mol. The third-order valence-electron chi connectivity index (χ3n) is 2.41. The third kappa shape index (κ3) is 0.856. The Hall–Kier alpha value is -1.94. The van der Waals surface area contributed by atoms with Crippen molar-refractivity contribution < 1.29 is 9.69 Å². The molecule has 2 N–H and O–H groups in total. The first kappa shape index (κ1) is 7.46. The first-order valence-electron chi connectivity index (χ1n) is 4.38. The molecule has 0 saturated carbocycles. The van der Waals surface area contributed by atoms with Crippen LogP contribution in [0.4, 0.5) is 5.69 Å². The van der Waals surface area contributed by atoms with Crippen molar-refractivity contribution >= 4 is 17.9 Å². The molecule has 2 heterocycles. The lowest BCUT2D eigenvalue weighted by molar-refractivity contribution is -0.678. The number of aliphatic imine (C=N–C) groups is 1. The van der Waals surface area contributed by atoms with Crippen molar-refractivity contribution in [2.75, 3.05) is 0 Å². The molecule has 2 aliphatic rings. The van der Waals surface area contributed by atoms with Gasteiger partial charge in [0.25, 0.3) is 5.91 Å². The number of nitrogens with zero attached hydrogens (tertiary/aromatic N) is 1. The molecule has 0 fully saturated rings. The summed E-state index contributed by atoms with van der Waals surface area (Å²) in [5.41, 5.74) is 1.68. The lowest BCUT2D eigenvalue weighted by Crippen LogP contribution is -3.06. The second kappa shape index (κ2) is 2.52. The van der Waals surface area contributed by atoms with Crippen LogP contribution in [0.1, 0.15) is 10.4 Å². The highest BCUT2D eigenvalue weighted by Crippen LogP contribution is 2.15. The van der Waals surface area contributed by atoms with Gasteiger partial charge in [0, 0.05) is 6.07 Å². The van der Waals surface area contributed by atoms with E-state index in [2.05, 4.69) is 10.3 Å². The molecule has 4 nitrogen and oxygen atoms in total. The Morgan fingerprint density at radius 1 is 1.29 bits per heavy atom. The zero-order valence-electron chi connectivity index (χ0n) is 7.32. The van der Waals surface area contributed by atoms with Crippen molar-refractivity contribution in [2.24, 2.45) is 4.99 Å². The SMILES string of the molecule is O=C1NC2=CN=C[NH+]2c2ccccc21. The molecule has 1 amide bonds. The van der Waals surface area contributed by atoms with Crippen LogP contribution < -0.4 is 10.2 Å². The predicted octanol–water partition coefficient (Wildman–Crippen LogP) is -0.213. The number of hydrogen-bond donors (Lipinski definition) is 2. The molecular formula is C10H8N3O+. The highest BCUT2D eigenvalue weighted by molar-refractivity contribution is 6.00. The summed E-state index contributed by atoms with van der Waals surface area (Å²) in [4.78, 5) is 16.6. The zero-order valence-corrected chi connectivity index (χ0v) is 7.32. The molecule has 4 heteroatoms. The van der Waals surface area contributed by atoms with Gasteiger partial charge in [0.05, 0.1) is 0 Å². The molecule has 0 saturated heterocycles. The van der Waals surface area contributed by atoms with Crippen molar-refractivity contribution in [1.82, 2.24) is 5.32 Å². The number of nitrogens with one attached hydrogen (secondary N) is 2. The molecule has 0 aliphatic carbocycles. The number of rotatable bonds is 0. The molecule has 14 heavy (non-hydrogen) atoms. The van der Waals surface area contributed by atoms with Crippen LogP contribution in [0.2, 0.25) is 0 Å². The highest BCUT2D eigenvalue weighted by Gasteiger charge is 2.32. The Morgan fingerprint density at radius 3 is 3.07 bits per heavy atom. The number of fused-ring (bicyclic) bond motifs is 3. The molecule has 1 aromatic rings. The molecule has 1 unspecified atom stereocenters. The van der Waals surface area contributed by atoms with E-state index in [-0.39, 0.29) is 5.91 Å². The number of carbonyl (C=O) groups is 1. The van der Waals surface area contributed by atoms with Crippen LogP contribution in [0.3, 0.4) is 0 Å². The molecule has 1 atom stereocenters. The first-order chi connectivity index (χ1) is 6.86. The fourth-order valence-electron chi connectivity index (χ4n) is 1.75. The molecule has 2 aliphatic heterocycles. The second-order valence-electron chi connectivity index (χ2n) is 3.23. The summed E-state index contributed by atoms with van der Waals surface area (Å²) in [5.74, 6) is 0.745. The number of benzene rings is 1. The Balaban J connectivity index is 2.24. The van der Waals surface area contributed by atoms with E-state index in [1.807, 2.05) is 24.3 Å². The molecular weight excluding hydrogens is 178 g/mol. The van der Waals surface area contributed by atoms with Gasteiger partial charge in [-0.25, -0.2) is 9.89 Å².